The molecule has 2 rings (SSSR count). The van der Waals surface area contributed by atoms with Crippen molar-refractivity contribution in [2.75, 3.05) is 0 Å². The van der Waals surface area contributed by atoms with Crippen molar-refractivity contribution in [3.8, 4) is 5.75 Å². The van der Waals surface area contributed by atoms with E-state index in [-0.39, 0.29) is 11.7 Å². The molecule has 0 bridgehead atoms. The molecule has 2 nitrogen and oxygen atoms in total. The summed E-state index contributed by atoms with van der Waals surface area (Å²) in [6.07, 6.45) is -3.28. The van der Waals surface area contributed by atoms with Crippen LogP contribution in [0.4, 0.5) is 13.2 Å². The molecule has 100 valence electrons. The predicted molar refractivity (Wildman–Crippen MR) is 60.0 cm³/mol. The summed E-state index contributed by atoms with van der Waals surface area (Å²) in [6, 6.07) is 5.55. The third-order valence-corrected chi connectivity index (χ3v) is 3.30. The first-order valence-electron chi connectivity index (χ1n) is 5.90. The van der Waals surface area contributed by atoms with Gasteiger partial charge in [0, 0.05) is 0 Å². The van der Waals surface area contributed by atoms with Crippen molar-refractivity contribution in [1.29, 1.82) is 0 Å². The van der Waals surface area contributed by atoms with Crippen LogP contribution in [0.3, 0.4) is 0 Å². The largest absolute Gasteiger partial charge is 0.573 e. The van der Waals surface area contributed by atoms with Crippen LogP contribution in [0.5, 0.6) is 5.75 Å². The SMILES string of the molecule is CC(C1CC1)C(O)c1cccc(OC(F)(F)F)c1. The lowest BCUT2D eigenvalue weighted by Gasteiger charge is -2.19. The maximum atomic E-state index is 12.1. The molecular formula is C13H15F3O2. The number of hydrogen-bond donors (Lipinski definition) is 1. The van der Waals surface area contributed by atoms with Gasteiger partial charge in [-0.2, -0.15) is 0 Å². The Bertz CT molecular complexity index is 413. The summed E-state index contributed by atoms with van der Waals surface area (Å²) in [5.74, 6) is 0.250. The first kappa shape index (κ1) is 13.2. The highest BCUT2D eigenvalue weighted by Crippen LogP contribution is 2.43. The average Bonchev–Trinajstić information content (AvgIpc) is 3.09. The average molecular weight is 260 g/mol. The molecule has 0 aliphatic heterocycles. The second-order valence-electron chi connectivity index (χ2n) is 4.76. The lowest BCUT2D eigenvalue weighted by molar-refractivity contribution is -0.274. The van der Waals surface area contributed by atoms with Gasteiger partial charge in [-0.15, -0.1) is 13.2 Å². The Morgan fingerprint density at radius 1 is 1.33 bits per heavy atom. The van der Waals surface area contributed by atoms with Gasteiger partial charge in [-0.05, 0) is 42.4 Å². The van der Waals surface area contributed by atoms with Crippen molar-refractivity contribution in [3.63, 3.8) is 0 Å². The molecule has 1 fully saturated rings. The Kier molecular flexibility index (Phi) is 3.52. The molecule has 0 saturated heterocycles. The van der Waals surface area contributed by atoms with E-state index in [4.69, 9.17) is 0 Å². The number of benzene rings is 1. The lowest BCUT2D eigenvalue weighted by Crippen LogP contribution is -2.17. The highest BCUT2D eigenvalue weighted by Gasteiger charge is 2.34. The highest BCUT2D eigenvalue weighted by molar-refractivity contribution is 5.30. The zero-order chi connectivity index (χ0) is 13.3. The summed E-state index contributed by atoms with van der Waals surface area (Å²) < 4.78 is 40.1. The van der Waals surface area contributed by atoms with Gasteiger partial charge in [-0.3, -0.25) is 0 Å². The minimum atomic E-state index is -4.70. The van der Waals surface area contributed by atoms with Crippen molar-refractivity contribution in [1.82, 2.24) is 0 Å². The van der Waals surface area contributed by atoms with Crippen LogP contribution in [-0.4, -0.2) is 11.5 Å². The summed E-state index contributed by atoms with van der Waals surface area (Å²) in [4.78, 5) is 0. The molecule has 2 unspecified atom stereocenters. The van der Waals surface area contributed by atoms with Crippen molar-refractivity contribution in [3.05, 3.63) is 29.8 Å². The summed E-state index contributed by atoms with van der Waals surface area (Å²) in [6.45, 7) is 1.92. The Labute approximate surface area is 103 Å². The van der Waals surface area contributed by atoms with E-state index in [1.165, 1.54) is 18.2 Å². The standard InChI is InChI=1S/C13H15F3O2/c1-8(9-5-6-9)12(17)10-3-2-4-11(7-10)18-13(14,15)16/h2-4,7-9,12,17H,5-6H2,1H3. The molecule has 1 N–H and O–H groups in total. The third-order valence-electron chi connectivity index (χ3n) is 3.30. The monoisotopic (exact) mass is 260 g/mol. The highest BCUT2D eigenvalue weighted by atomic mass is 19.4. The molecule has 1 saturated carbocycles. The molecule has 0 heterocycles. The van der Waals surface area contributed by atoms with Crippen molar-refractivity contribution in [2.24, 2.45) is 11.8 Å². The summed E-state index contributed by atoms with van der Waals surface area (Å²) in [5, 5.41) is 10.1. The summed E-state index contributed by atoms with van der Waals surface area (Å²) in [5.41, 5.74) is 0.469. The Morgan fingerprint density at radius 2 is 2.00 bits per heavy atom. The fraction of sp³-hybridized carbons (Fsp3) is 0.538. The van der Waals surface area contributed by atoms with Crippen molar-refractivity contribution >= 4 is 0 Å². The van der Waals surface area contributed by atoms with Gasteiger partial charge < -0.3 is 9.84 Å². The van der Waals surface area contributed by atoms with Gasteiger partial charge in [0.1, 0.15) is 5.75 Å². The Hall–Kier alpha value is -1.23. The zero-order valence-electron chi connectivity index (χ0n) is 9.95. The smallest absolute Gasteiger partial charge is 0.406 e. The Balaban J connectivity index is 2.10. The number of hydrogen-bond acceptors (Lipinski definition) is 2. The predicted octanol–water partition coefficient (Wildman–Crippen LogP) is 3.66. The second kappa shape index (κ2) is 4.80. The molecule has 1 aliphatic carbocycles. The number of ether oxygens (including phenoxy) is 1. The van der Waals surface area contributed by atoms with Gasteiger partial charge in [-0.25, -0.2) is 0 Å². The van der Waals surface area contributed by atoms with Crippen LogP contribution in [0.1, 0.15) is 31.4 Å². The van der Waals surface area contributed by atoms with Crippen LogP contribution in [-0.2, 0) is 0 Å². The van der Waals surface area contributed by atoms with Crippen LogP contribution in [0.15, 0.2) is 24.3 Å². The maximum absolute atomic E-state index is 12.1. The van der Waals surface area contributed by atoms with Gasteiger partial charge >= 0.3 is 6.36 Å². The number of aliphatic hydroxyl groups excluding tert-OH is 1. The first-order chi connectivity index (χ1) is 8.37. The van der Waals surface area contributed by atoms with E-state index in [0.717, 1.165) is 12.8 Å². The van der Waals surface area contributed by atoms with Crippen molar-refractivity contribution in [2.45, 2.75) is 32.2 Å². The molecular weight excluding hydrogens is 245 g/mol. The molecule has 0 aromatic heterocycles. The molecule has 1 aromatic carbocycles. The van der Waals surface area contributed by atoms with Crippen LogP contribution < -0.4 is 4.74 Å². The topological polar surface area (TPSA) is 29.5 Å². The number of halogens is 3. The molecule has 0 spiro atoms. The molecule has 1 aliphatic rings. The zero-order valence-corrected chi connectivity index (χ0v) is 9.95. The van der Waals surface area contributed by atoms with Crippen LogP contribution in [0.2, 0.25) is 0 Å². The van der Waals surface area contributed by atoms with E-state index in [1.807, 2.05) is 6.92 Å². The van der Waals surface area contributed by atoms with Gasteiger partial charge in [0.2, 0.25) is 0 Å². The summed E-state index contributed by atoms with van der Waals surface area (Å²) in [7, 11) is 0. The number of rotatable bonds is 4. The quantitative estimate of drug-likeness (QED) is 0.895. The van der Waals surface area contributed by atoms with E-state index in [2.05, 4.69) is 4.74 Å². The number of alkyl halides is 3. The van der Waals surface area contributed by atoms with Gasteiger partial charge in [-0.1, -0.05) is 19.1 Å². The van der Waals surface area contributed by atoms with E-state index < -0.39 is 12.5 Å². The molecule has 5 heteroatoms. The lowest BCUT2D eigenvalue weighted by atomic mass is 9.93. The third kappa shape index (κ3) is 3.38. The van der Waals surface area contributed by atoms with E-state index in [9.17, 15) is 18.3 Å². The first-order valence-corrected chi connectivity index (χ1v) is 5.90. The van der Waals surface area contributed by atoms with Gasteiger partial charge in [0.25, 0.3) is 0 Å². The van der Waals surface area contributed by atoms with E-state index >= 15 is 0 Å². The van der Waals surface area contributed by atoms with Crippen molar-refractivity contribution < 1.29 is 23.0 Å². The molecule has 0 amide bonds. The Morgan fingerprint density at radius 3 is 2.56 bits per heavy atom. The normalized spacial score (nSPS) is 19.4. The van der Waals surface area contributed by atoms with Gasteiger partial charge in [0.05, 0.1) is 6.10 Å². The second-order valence-corrected chi connectivity index (χ2v) is 4.76. The maximum Gasteiger partial charge on any atom is 0.573 e. The minimum Gasteiger partial charge on any atom is -0.406 e. The molecule has 1 aromatic rings. The molecule has 2 atom stereocenters. The van der Waals surface area contributed by atoms with E-state index in [1.54, 1.807) is 6.07 Å². The summed E-state index contributed by atoms with van der Waals surface area (Å²) >= 11 is 0. The fourth-order valence-corrected chi connectivity index (χ4v) is 2.08. The van der Waals surface area contributed by atoms with E-state index in [0.29, 0.717) is 11.5 Å². The van der Waals surface area contributed by atoms with Crippen LogP contribution in [0, 0.1) is 11.8 Å². The molecule has 18 heavy (non-hydrogen) atoms. The fourth-order valence-electron chi connectivity index (χ4n) is 2.08. The number of aliphatic hydroxyl groups is 1. The van der Waals surface area contributed by atoms with Crippen LogP contribution in [0.25, 0.3) is 0 Å². The minimum absolute atomic E-state index is 0.0612. The van der Waals surface area contributed by atoms with Crippen LogP contribution >= 0.6 is 0 Å². The molecule has 0 radical (unpaired) electrons. The van der Waals surface area contributed by atoms with Gasteiger partial charge in [0.15, 0.2) is 0 Å².